The molecule has 0 aromatic heterocycles. The number of nitrogens with one attached hydrogen (secondary N) is 1. The van der Waals surface area contributed by atoms with Crippen molar-refractivity contribution in [1.29, 1.82) is 0 Å². The second kappa shape index (κ2) is 7.73. The molecular formula is C14H20ClN3O3S. The van der Waals surface area contributed by atoms with E-state index in [0.717, 1.165) is 6.42 Å². The molecule has 22 heavy (non-hydrogen) atoms. The number of carbonyl (C=O) groups excluding carboxylic acids is 1. The van der Waals surface area contributed by atoms with E-state index in [0.29, 0.717) is 18.7 Å². The first kappa shape index (κ1) is 18.6. The van der Waals surface area contributed by atoms with E-state index in [-0.39, 0.29) is 35.8 Å². The van der Waals surface area contributed by atoms with Gasteiger partial charge in [0.1, 0.15) is 0 Å². The zero-order valence-corrected chi connectivity index (χ0v) is 13.7. The molecule has 8 heteroatoms. The van der Waals surface area contributed by atoms with Crippen molar-refractivity contribution in [3.63, 3.8) is 0 Å². The van der Waals surface area contributed by atoms with Crippen molar-refractivity contribution in [2.45, 2.75) is 17.4 Å². The van der Waals surface area contributed by atoms with Gasteiger partial charge < -0.3 is 10.6 Å². The molecule has 2 rings (SSSR count). The van der Waals surface area contributed by atoms with E-state index in [1.807, 2.05) is 0 Å². The Bertz CT molecular complexity index is 631. The maximum Gasteiger partial charge on any atom is 0.253 e. The predicted octanol–water partition coefficient (Wildman–Crippen LogP) is 0.746. The Morgan fingerprint density at radius 2 is 2.05 bits per heavy atom. The molecule has 1 amide bonds. The third-order valence-electron chi connectivity index (χ3n) is 3.34. The molecule has 1 atom stereocenters. The zero-order valence-electron chi connectivity index (χ0n) is 12.1. The van der Waals surface area contributed by atoms with E-state index in [9.17, 15) is 13.2 Å². The Kier molecular flexibility index (Phi) is 6.55. The van der Waals surface area contributed by atoms with E-state index < -0.39 is 10.0 Å². The molecule has 0 saturated carbocycles. The van der Waals surface area contributed by atoms with Crippen LogP contribution >= 0.6 is 12.4 Å². The number of hydrogen-bond acceptors (Lipinski definition) is 4. The minimum atomic E-state index is -3.56. The Balaban J connectivity index is 0.00000242. The molecule has 1 aliphatic heterocycles. The first-order valence-corrected chi connectivity index (χ1v) is 8.18. The number of nitrogens with zero attached hydrogens (tertiary/aromatic N) is 1. The number of hydrogen-bond donors (Lipinski definition) is 2. The Hall–Kier alpha value is -1.41. The molecule has 1 saturated heterocycles. The number of likely N-dealkylation sites (tertiary alicyclic amines) is 1. The molecule has 0 unspecified atom stereocenters. The molecule has 0 bridgehead atoms. The number of sulfonamides is 1. The van der Waals surface area contributed by atoms with Crippen LogP contribution in [0.5, 0.6) is 0 Å². The number of rotatable bonds is 5. The van der Waals surface area contributed by atoms with Crippen molar-refractivity contribution < 1.29 is 13.2 Å². The van der Waals surface area contributed by atoms with Crippen molar-refractivity contribution in [1.82, 2.24) is 9.62 Å². The van der Waals surface area contributed by atoms with Gasteiger partial charge in [0.15, 0.2) is 0 Å². The third kappa shape index (κ3) is 4.30. The SMILES string of the molecule is C=CCNS(=O)(=O)c1ccc(C(=O)N2CC[C@@H](N)C2)cc1.Cl. The van der Waals surface area contributed by atoms with Crippen LogP contribution in [-0.4, -0.2) is 44.9 Å². The van der Waals surface area contributed by atoms with Crippen LogP contribution in [0, 0.1) is 0 Å². The lowest BCUT2D eigenvalue weighted by atomic mass is 10.2. The molecule has 1 fully saturated rings. The van der Waals surface area contributed by atoms with Crippen molar-refractivity contribution in [2.75, 3.05) is 19.6 Å². The molecule has 0 spiro atoms. The summed E-state index contributed by atoms with van der Waals surface area (Å²) in [4.78, 5) is 14.0. The fraction of sp³-hybridized carbons (Fsp3) is 0.357. The van der Waals surface area contributed by atoms with Crippen molar-refractivity contribution >= 4 is 28.3 Å². The number of benzene rings is 1. The molecule has 0 aliphatic carbocycles. The highest BCUT2D eigenvalue weighted by atomic mass is 35.5. The van der Waals surface area contributed by atoms with Crippen LogP contribution in [0.2, 0.25) is 0 Å². The second-order valence-corrected chi connectivity index (χ2v) is 6.73. The summed E-state index contributed by atoms with van der Waals surface area (Å²) in [5.41, 5.74) is 6.24. The average molecular weight is 346 g/mol. The van der Waals surface area contributed by atoms with Gasteiger partial charge in [-0.1, -0.05) is 6.08 Å². The summed E-state index contributed by atoms with van der Waals surface area (Å²) in [7, 11) is -3.56. The molecule has 0 radical (unpaired) electrons. The first-order valence-electron chi connectivity index (χ1n) is 6.69. The van der Waals surface area contributed by atoms with Crippen LogP contribution in [-0.2, 0) is 10.0 Å². The fourth-order valence-electron chi connectivity index (χ4n) is 2.18. The quantitative estimate of drug-likeness (QED) is 0.770. The molecule has 1 heterocycles. The average Bonchev–Trinajstić information content (AvgIpc) is 2.91. The summed E-state index contributed by atoms with van der Waals surface area (Å²) in [6.45, 7) is 4.80. The molecule has 122 valence electrons. The largest absolute Gasteiger partial charge is 0.337 e. The normalized spacial score (nSPS) is 17.9. The lowest BCUT2D eigenvalue weighted by Gasteiger charge is -2.16. The minimum Gasteiger partial charge on any atom is -0.337 e. The van der Waals surface area contributed by atoms with E-state index in [1.165, 1.54) is 30.3 Å². The number of halogens is 1. The summed E-state index contributed by atoms with van der Waals surface area (Å²) >= 11 is 0. The van der Waals surface area contributed by atoms with Gasteiger partial charge in [-0.15, -0.1) is 19.0 Å². The highest BCUT2D eigenvalue weighted by molar-refractivity contribution is 7.89. The summed E-state index contributed by atoms with van der Waals surface area (Å²) in [6, 6.07) is 5.92. The van der Waals surface area contributed by atoms with Crippen LogP contribution in [0.4, 0.5) is 0 Å². The Labute approximate surface area is 136 Å². The third-order valence-corrected chi connectivity index (χ3v) is 4.78. The van der Waals surface area contributed by atoms with Crippen molar-refractivity contribution in [2.24, 2.45) is 5.73 Å². The van der Waals surface area contributed by atoms with Crippen molar-refractivity contribution in [3.05, 3.63) is 42.5 Å². The smallest absolute Gasteiger partial charge is 0.253 e. The summed E-state index contributed by atoms with van der Waals surface area (Å²) in [5, 5.41) is 0. The zero-order chi connectivity index (χ0) is 15.5. The maximum absolute atomic E-state index is 12.2. The van der Waals surface area contributed by atoms with Crippen LogP contribution < -0.4 is 10.5 Å². The van der Waals surface area contributed by atoms with Crippen LogP contribution in [0.25, 0.3) is 0 Å². The monoisotopic (exact) mass is 345 g/mol. The van der Waals surface area contributed by atoms with Gasteiger partial charge in [-0.25, -0.2) is 13.1 Å². The lowest BCUT2D eigenvalue weighted by Crippen LogP contribution is -2.31. The topological polar surface area (TPSA) is 92.5 Å². The standard InChI is InChI=1S/C14H19N3O3S.ClH/c1-2-8-16-21(19,20)13-5-3-11(4-6-13)14(18)17-9-7-12(15)10-17;/h2-6,12,16H,1,7-10,15H2;1H/t12-;/m1./s1. The molecule has 3 N–H and O–H groups in total. The van der Waals surface area contributed by atoms with Crippen LogP contribution in [0.15, 0.2) is 41.8 Å². The highest BCUT2D eigenvalue weighted by Gasteiger charge is 2.24. The second-order valence-electron chi connectivity index (χ2n) is 4.96. The van der Waals surface area contributed by atoms with E-state index in [1.54, 1.807) is 4.90 Å². The number of amides is 1. The fourth-order valence-corrected chi connectivity index (χ4v) is 3.18. The van der Waals surface area contributed by atoms with Crippen LogP contribution in [0.3, 0.4) is 0 Å². The van der Waals surface area contributed by atoms with E-state index >= 15 is 0 Å². The maximum atomic E-state index is 12.2. The van der Waals surface area contributed by atoms with Gasteiger partial charge in [-0.05, 0) is 30.7 Å². The first-order chi connectivity index (χ1) is 9.94. The van der Waals surface area contributed by atoms with E-state index in [4.69, 9.17) is 5.73 Å². The molecule has 1 aromatic carbocycles. The van der Waals surface area contributed by atoms with Gasteiger partial charge in [-0.2, -0.15) is 0 Å². The lowest BCUT2D eigenvalue weighted by molar-refractivity contribution is 0.0791. The van der Waals surface area contributed by atoms with E-state index in [2.05, 4.69) is 11.3 Å². The number of carbonyl (C=O) groups is 1. The predicted molar refractivity (Wildman–Crippen MR) is 87.6 cm³/mol. The molecule has 6 nitrogen and oxygen atoms in total. The van der Waals surface area contributed by atoms with Gasteiger partial charge in [-0.3, -0.25) is 4.79 Å². The van der Waals surface area contributed by atoms with Gasteiger partial charge >= 0.3 is 0 Å². The summed E-state index contributed by atoms with van der Waals surface area (Å²) < 4.78 is 26.2. The molecule has 1 aliphatic rings. The van der Waals surface area contributed by atoms with Crippen LogP contribution in [0.1, 0.15) is 16.8 Å². The van der Waals surface area contributed by atoms with Gasteiger partial charge in [0, 0.05) is 31.2 Å². The number of nitrogens with two attached hydrogens (primary N) is 1. The van der Waals surface area contributed by atoms with Crippen molar-refractivity contribution in [3.8, 4) is 0 Å². The van der Waals surface area contributed by atoms with Gasteiger partial charge in [0.25, 0.3) is 5.91 Å². The highest BCUT2D eigenvalue weighted by Crippen LogP contribution is 2.15. The molecule has 1 aromatic rings. The summed E-state index contributed by atoms with van der Waals surface area (Å²) in [5.74, 6) is -0.119. The van der Waals surface area contributed by atoms with Gasteiger partial charge in [0.05, 0.1) is 4.90 Å². The minimum absolute atomic E-state index is 0. The Morgan fingerprint density at radius 3 is 2.55 bits per heavy atom. The molecular weight excluding hydrogens is 326 g/mol. The van der Waals surface area contributed by atoms with Gasteiger partial charge in [0.2, 0.25) is 10.0 Å². The Morgan fingerprint density at radius 1 is 1.41 bits per heavy atom. The summed E-state index contributed by atoms with van der Waals surface area (Å²) in [6.07, 6.45) is 2.26.